The molecule has 7 nitrogen and oxygen atoms in total. The molecule has 0 saturated carbocycles. The summed E-state index contributed by atoms with van der Waals surface area (Å²) in [4.78, 5) is 11.4. The number of halogens is 1. The molecule has 2 heterocycles. The molecule has 1 unspecified atom stereocenters. The van der Waals surface area contributed by atoms with Crippen LogP contribution in [0.3, 0.4) is 0 Å². The van der Waals surface area contributed by atoms with Gasteiger partial charge in [-0.05, 0) is 36.2 Å². The predicted octanol–water partition coefficient (Wildman–Crippen LogP) is 1.65. The summed E-state index contributed by atoms with van der Waals surface area (Å²) in [5.41, 5.74) is 2.30. The van der Waals surface area contributed by atoms with Gasteiger partial charge in [0.25, 0.3) is 10.0 Å². The number of carbonyl (C=O) groups excluding carboxylic acids is 1. The van der Waals surface area contributed by atoms with Crippen LogP contribution in [0.5, 0.6) is 0 Å². The normalized spacial score (nSPS) is 16.6. The van der Waals surface area contributed by atoms with Gasteiger partial charge in [-0.3, -0.25) is 0 Å². The number of carbonyl (C=O) groups is 1. The van der Waals surface area contributed by atoms with Crippen molar-refractivity contribution in [1.82, 2.24) is 10.0 Å². The van der Waals surface area contributed by atoms with Crippen molar-refractivity contribution in [2.75, 3.05) is 20.2 Å². The van der Waals surface area contributed by atoms with Crippen molar-refractivity contribution in [2.24, 2.45) is 0 Å². The Hall–Kier alpha value is -1.87. The van der Waals surface area contributed by atoms with Crippen molar-refractivity contribution in [3.05, 3.63) is 53.3 Å². The summed E-state index contributed by atoms with van der Waals surface area (Å²) >= 11 is 0. The lowest BCUT2D eigenvalue weighted by molar-refractivity contribution is 0.0559. The highest BCUT2D eigenvalue weighted by Crippen LogP contribution is 2.22. The van der Waals surface area contributed by atoms with Crippen LogP contribution in [-0.4, -0.2) is 34.6 Å². The number of methoxy groups -OCH3 is 1. The summed E-state index contributed by atoms with van der Waals surface area (Å²) in [5.74, 6) is -0.877. The Morgan fingerprint density at radius 2 is 2.08 bits per heavy atom. The molecule has 0 bridgehead atoms. The van der Waals surface area contributed by atoms with Crippen molar-refractivity contribution in [2.45, 2.75) is 17.6 Å². The summed E-state index contributed by atoms with van der Waals surface area (Å²) in [6.07, 6.45) is 0.917. The number of benzene rings is 1. The summed E-state index contributed by atoms with van der Waals surface area (Å²) in [5, 5.41) is 2.99. The maximum absolute atomic E-state index is 12.3. The molecule has 25 heavy (non-hydrogen) atoms. The maximum Gasteiger partial charge on any atom is 0.374 e. The molecule has 1 aliphatic rings. The molecule has 2 N–H and O–H groups in total. The minimum Gasteiger partial charge on any atom is -0.463 e. The fraction of sp³-hybridized carbons (Fsp3) is 0.312. The van der Waals surface area contributed by atoms with Crippen LogP contribution >= 0.6 is 12.4 Å². The zero-order valence-electron chi connectivity index (χ0n) is 13.5. The number of hydrogen-bond acceptors (Lipinski definition) is 6. The van der Waals surface area contributed by atoms with E-state index in [1.165, 1.54) is 24.8 Å². The van der Waals surface area contributed by atoms with Gasteiger partial charge in [0.1, 0.15) is 0 Å². The minimum atomic E-state index is -3.85. The molecule has 1 aromatic heterocycles. The van der Waals surface area contributed by atoms with Gasteiger partial charge in [0.15, 0.2) is 0 Å². The van der Waals surface area contributed by atoms with Gasteiger partial charge in [-0.2, -0.15) is 0 Å². The molecule has 0 fully saturated rings. The van der Waals surface area contributed by atoms with Gasteiger partial charge in [-0.1, -0.05) is 24.3 Å². The zero-order chi connectivity index (χ0) is 17.2. The van der Waals surface area contributed by atoms with E-state index in [9.17, 15) is 13.2 Å². The first-order chi connectivity index (χ1) is 11.5. The number of fused-ring (bicyclic) bond motifs is 1. The van der Waals surface area contributed by atoms with E-state index >= 15 is 0 Å². The third-order valence-electron chi connectivity index (χ3n) is 3.93. The average Bonchev–Trinajstić information content (AvgIpc) is 3.10. The molecular formula is C16H19ClN2O5S. The Kier molecular flexibility index (Phi) is 6.23. The van der Waals surface area contributed by atoms with Crippen molar-refractivity contribution in [3.63, 3.8) is 0 Å². The SMILES string of the molecule is COC(=O)c1ccc(S(=O)(=O)NCC2NCCc3ccccc32)o1.Cl. The first-order valence-electron chi connectivity index (χ1n) is 7.50. The van der Waals surface area contributed by atoms with Gasteiger partial charge in [0, 0.05) is 12.6 Å². The lowest BCUT2D eigenvalue weighted by Gasteiger charge is -2.26. The van der Waals surface area contributed by atoms with Gasteiger partial charge in [-0.15, -0.1) is 12.4 Å². The molecule has 0 aliphatic carbocycles. The van der Waals surface area contributed by atoms with Gasteiger partial charge >= 0.3 is 5.97 Å². The highest BCUT2D eigenvalue weighted by molar-refractivity contribution is 7.89. The molecule has 0 spiro atoms. The first-order valence-corrected chi connectivity index (χ1v) is 8.98. The first kappa shape index (κ1) is 19.5. The second-order valence-electron chi connectivity index (χ2n) is 5.42. The Labute approximate surface area is 152 Å². The standard InChI is InChI=1S/C16H18N2O5S.ClH/c1-22-16(19)14-6-7-15(23-14)24(20,21)18-10-13-12-5-3-2-4-11(12)8-9-17-13;/h2-7,13,17-18H,8-10H2,1H3;1H. The van der Waals surface area contributed by atoms with E-state index in [1.54, 1.807) is 0 Å². The zero-order valence-corrected chi connectivity index (χ0v) is 15.2. The topological polar surface area (TPSA) is 97.6 Å². The minimum absolute atomic E-state index is 0. The molecule has 1 aromatic carbocycles. The van der Waals surface area contributed by atoms with Crippen LogP contribution in [0.4, 0.5) is 0 Å². The Morgan fingerprint density at radius 3 is 2.84 bits per heavy atom. The van der Waals surface area contributed by atoms with Crippen LogP contribution in [0.25, 0.3) is 0 Å². The molecular weight excluding hydrogens is 368 g/mol. The van der Waals surface area contributed by atoms with Crippen molar-refractivity contribution in [1.29, 1.82) is 0 Å². The second-order valence-corrected chi connectivity index (χ2v) is 7.12. The fourth-order valence-corrected chi connectivity index (χ4v) is 3.69. The Morgan fingerprint density at radius 1 is 1.32 bits per heavy atom. The van der Waals surface area contributed by atoms with Crippen LogP contribution in [0.2, 0.25) is 0 Å². The van der Waals surface area contributed by atoms with Crippen molar-refractivity contribution >= 4 is 28.4 Å². The van der Waals surface area contributed by atoms with E-state index in [0.717, 1.165) is 18.5 Å². The summed E-state index contributed by atoms with van der Waals surface area (Å²) < 4.78 is 36.7. The third kappa shape index (κ3) is 4.21. The molecule has 136 valence electrons. The molecule has 9 heteroatoms. The van der Waals surface area contributed by atoms with Crippen LogP contribution < -0.4 is 10.0 Å². The number of ether oxygens (including phenoxy) is 1. The van der Waals surface area contributed by atoms with Crippen LogP contribution in [0.15, 0.2) is 45.9 Å². The van der Waals surface area contributed by atoms with E-state index in [1.807, 2.05) is 24.3 Å². The number of nitrogens with one attached hydrogen (secondary N) is 2. The van der Waals surface area contributed by atoms with E-state index in [0.29, 0.717) is 0 Å². The quantitative estimate of drug-likeness (QED) is 0.758. The maximum atomic E-state index is 12.3. The summed E-state index contributed by atoms with van der Waals surface area (Å²) in [7, 11) is -2.65. The molecule has 1 atom stereocenters. The van der Waals surface area contributed by atoms with Crippen molar-refractivity contribution < 1.29 is 22.4 Å². The lowest BCUT2D eigenvalue weighted by atomic mass is 9.95. The fourth-order valence-electron chi connectivity index (χ4n) is 2.71. The molecule has 1 aliphatic heterocycles. The average molecular weight is 387 g/mol. The number of esters is 1. The smallest absolute Gasteiger partial charge is 0.374 e. The van der Waals surface area contributed by atoms with Gasteiger partial charge in [0.2, 0.25) is 10.9 Å². The molecule has 3 rings (SSSR count). The number of furan rings is 1. The van der Waals surface area contributed by atoms with Crippen molar-refractivity contribution in [3.8, 4) is 0 Å². The largest absolute Gasteiger partial charge is 0.463 e. The lowest BCUT2D eigenvalue weighted by Crippen LogP contribution is -2.38. The van der Waals surface area contributed by atoms with Gasteiger partial charge in [-0.25, -0.2) is 17.9 Å². The Bertz CT molecular complexity index is 850. The monoisotopic (exact) mass is 386 g/mol. The predicted molar refractivity (Wildman–Crippen MR) is 93.4 cm³/mol. The Balaban J connectivity index is 0.00000225. The summed E-state index contributed by atoms with van der Waals surface area (Å²) in [6.45, 7) is 0.976. The third-order valence-corrected chi connectivity index (χ3v) is 5.22. The van der Waals surface area contributed by atoms with E-state index in [4.69, 9.17) is 4.42 Å². The van der Waals surface area contributed by atoms with E-state index < -0.39 is 16.0 Å². The molecule has 0 amide bonds. The van der Waals surface area contributed by atoms with Gasteiger partial charge < -0.3 is 14.5 Å². The van der Waals surface area contributed by atoms with Crippen LogP contribution in [-0.2, 0) is 21.2 Å². The highest BCUT2D eigenvalue weighted by Gasteiger charge is 2.25. The number of rotatable bonds is 5. The molecule has 0 saturated heterocycles. The van der Waals surface area contributed by atoms with E-state index in [2.05, 4.69) is 14.8 Å². The van der Waals surface area contributed by atoms with Crippen LogP contribution in [0, 0.1) is 0 Å². The summed E-state index contributed by atoms with van der Waals surface area (Å²) in [6, 6.07) is 10.3. The number of hydrogen-bond donors (Lipinski definition) is 2. The second kappa shape index (κ2) is 8.01. The number of sulfonamides is 1. The highest BCUT2D eigenvalue weighted by atomic mass is 35.5. The molecule has 2 aromatic rings. The van der Waals surface area contributed by atoms with Gasteiger partial charge in [0.05, 0.1) is 7.11 Å². The van der Waals surface area contributed by atoms with Crippen LogP contribution in [0.1, 0.15) is 27.7 Å². The molecule has 0 radical (unpaired) electrons. The van der Waals surface area contributed by atoms with E-state index in [-0.39, 0.29) is 35.8 Å².